The van der Waals surface area contributed by atoms with Crippen LogP contribution in [0.2, 0.25) is 0 Å². The van der Waals surface area contributed by atoms with E-state index in [2.05, 4.69) is 22.5 Å². The predicted molar refractivity (Wildman–Crippen MR) is 95.6 cm³/mol. The molecule has 0 radical (unpaired) electrons. The number of rotatable bonds is 8. The molecule has 2 amide bonds. The minimum absolute atomic E-state index is 0.199. The third-order valence-corrected chi connectivity index (χ3v) is 3.70. The van der Waals surface area contributed by atoms with Crippen molar-refractivity contribution in [3.05, 3.63) is 59.4 Å². The number of benzene rings is 1. The zero-order valence-electron chi connectivity index (χ0n) is 14.5. The Labute approximate surface area is 147 Å². The monoisotopic (exact) mass is 341 g/mol. The van der Waals surface area contributed by atoms with Crippen LogP contribution < -0.4 is 15.4 Å². The van der Waals surface area contributed by atoms with Gasteiger partial charge in [-0.05, 0) is 24.6 Å². The van der Waals surface area contributed by atoms with Gasteiger partial charge in [0.2, 0.25) is 0 Å². The van der Waals surface area contributed by atoms with Crippen molar-refractivity contribution in [1.29, 1.82) is 0 Å². The Kier molecular flexibility index (Phi) is 6.95. The van der Waals surface area contributed by atoms with Gasteiger partial charge >= 0.3 is 0 Å². The third kappa shape index (κ3) is 5.31. The Bertz CT molecular complexity index is 731. The van der Waals surface area contributed by atoms with E-state index >= 15 is 0 Å². The molecule has 1 aromatic carbocycles. The van der Waals surface area contributed by atoms with Crippen molar-refractivity contribution < 1.29 is 14.3 Å². The maximum atomic E-state index is 12.3. The number of pyridine rings is 1. The van der Waals surface area contributed by atoms with Crippen molar-refractivity contribution in [3.63, 3.8) is 0 Å². The van der Waals surface area contributed by atoms with E-state index in [1.807, 2.05) is 24.3 Å². The lowest BCUT2D eigenvalue weighted by atomic mass is 10.2. The molecular weight excluding hydrogens is 318 g/mol. The second kappa shape index (κ2) is 9.42. The summed E-state index contributed by atoms with van der Waals surface area (Å²) in [6, 6.07) is 10.6. The van der Waals surface area contributed by atoms with E-state index in [4.69, 9.17) is 4.74 Å². The number of carbonyl (C=O) groups excluding carboxylic acids is 2. The standard InChI is InChI=1S/C19H23N3O3/c1-3-4-10-21-18(23)14-9-11-20-16(12-14)19(24)22-13-15-7-5-6-8-17(15)25-2/h5-9,11-12H,3-4,10,13H2,1-2H3,(H,21,23)(H,22,24). The summed E-state index contributed by atoms with van der Waals surface area (Å²) >= 11 is 0. The minimum Gasteiger partial charge on any atom is -0.496 e. The van der Waals surface area contributed by atoms with Gasteiger partial charge in [0.05, 0.1) is 7.11 Å². The molecular formula is C19H23N3O3. The van der Waals surface area contributed by atoms with Crippen molar-refractivity contribution in [2.75, 3.05) is 13.7 Å². The highest BCUT2D eigenvalue weighted by molar-refractivity contribution is 5.98. The number of amides is 2. The van der Waals surface area contributed by atoms with Crippen molar-refractivity contribution in [3.8, 4) is 5.75 Å². The Morgan fingerprint density at radius 2 is 1.92 bits per heavy atom. The van der Waals surface area contributed by atoms with Gasteiger partial charge in [-0.1, -0.05) is 31.5 Å². The molecule has 0 spiro atoms. The number of nitrogens with zero attached hydrogens (tertiary/aromatic N) is 1. The molecule has 1 heterocycles. The number of ether oxygens (including phenoxy) is 1. The quantitative estimate of drug-likeness (QED) is 0.723. The number of hydrogen-bond donors (Lipinski definition) is 2. The number of para-hydroxylation sites is 1. The fourth-order valence-corrected chi connectivity index (χ4v) is 2.29. The van der Waals surface area contributed by atoms with Crippen molar-refractivity contribution >= 4 is 11.8 Å². The highest BCUT2D eigenvalue weighted by atomic mass is 16.5. The van der Waals surface area contributed by atoms with Crippen LogP contribution in [0.4, 0.5) is 0 Å². The van der Waals surface area contributed by atoms with Gasteiger partial charge in [-0.3, -0.25) is 14.6 Å². The first-order valence-corrected chi connectivity index (χ1v) is 8.30. The molecule has 6 heteroatoms. The van der Waals surface area contributed by atoms with Gasteiger partial charge < -0.3 is 15.4 Å². The van der Waals surface area contributed by atoms with E-state index in [9.17, 15) is 9.59 Å². The van der Waals surface area contributed by atoms with Crippen LogP contribution in [0.1, 0.15) is 46.2 Å². The van der Waals surface area contributed by atoms with Crippen LogP contribution in [0, 0.1) is 0 Å². The summed E-state index contributed by atoms with van der Waals surface area (Å²) in [7, 11) is 1.59. The maximum absolute atomic E-state index is 12.3. The van der Waals surface area contributed by atoms with Crippen LogP contribution in [0.5, 0.6) is 5.75 Å². The number of carbonyl (C=O) groups is 2. The summed E-state index contributed by atoms with van der Waals surface area (Å²) in [6.45, 7) is 2.99. The molecule has 25 heavy (non-hydrogen) atoms. The Balaban J connectivity index is 2.00. The lowest BCUT2D eigenvalue weighted by molar-refractivity contribution is 0.0945. The third-order valence-electron chi connectivity index (χ3n) is 3.70. The molecule has 1 aromatic heterocycles. The van der Waals surface area contributed by atoms with Gasteiger partial charge in [-0.25, -0.2) is 0 Å². The van der Waals surface area contributed by atoms with Gasteiger partial charge in [0.1, 0.15) is 11.4 Å². The van der Waals surface area contributed by atoms with E-state index in [0.29, 0.717) is 24.4 Å². The Hall–Kier alpha value is -2.89. The van der Waals surface area contributed by atoms with E-state index in [1.54, 1.807) is 13.2 Å². The summed E-state index contributed by atoms with van der Waals surface area (Å²) in [5, 5.41) is 5.62. The van der Waals surface area contributed by atoms with Crippen LogP contribution >= 0.6 is 0 Å². The molecule has 0 aliphatic heterocycles. The van der Waals surface area contributed by atoms with Crippen LogP contribution in [-0.2, 0) is 6.54 Å². The van der Waals surface area contributed by atoms with Crippen molar-refractivity contribution in [1.82, 2.24) is 15.6 Å². The first-order valence-electron chi connectivity index (χ1n) is 8.30. The molecule has 2 aromatic rings. The van der Waals surface area contributed by atoms with Gasteiger partial charge in [-0.2, -0.15) is 0 Å². The molecule has 0 unspecified atom stereocenters. The smallest absolute Gasteiger partial charge is 0.270 e. The molecule has 2 rings (SSSR count). The Morgan fingerprint density at radius 1 is 1.12 bits per heavy atom. The molecule has 2 N–H and O–H groups in total. The largest absolute Gasteiger partial charge is 0.496 e. The number of methoxy groups -OCH3 is 1. The zero-order chi connectivity index (χ0) is 18.1. The number of hydrogen-bond acceptors (Lipinski definition) is 4. The van der Waals surface area contributed by atoms with Crippen molar-refractivity contribution in [2.24, 2.45) is 0 Å². The van der Waals surface area contributed by atoms with Gasteiger partial charge in [0.25, 0.3) is 11.8 Å². The molecule has 0 atom stereocenters. The first kappa shape index (κ1) is 18.4. The van der Waals surface area contributed by atoms with Crippen LogP contribution in [0.3, 0.4) is 0 Å². The van der Waals surface area contributed by atoms with Crippen LogP contribution in [-0.4, -0.2) is 30.5 Å². The average molecular weight is 341 g/mol. The maximum Gasteiger partial charge on any atom is 0.270 e. The van der Waals surface area contributed by atoms with Crippen LogP contribution in [0.25, 0.3) is 0 Å². The number of aromatic nitrogens is 1. The number of unbranched alkanes of at least 4 members (excludes halogenated alkanes) is 1. The van der Waals surface area contributed by atoms with Gasteiger partial charge in [0, 0.05) is 30.4 Å². The van der Waals surface area contributed by atoms with E-state index in [1.165, 1.54) is 12.3 Å². The van der Waals surface area contributed by atoms with Crippen molar-refractivity contribution in [2.45, 2.75) is 26.3 Å². The number of nitrogens with one attached hydrogen (secondary N) is 2. The van der Waals surface area contributed by atoms with Gasteiger partial charge in [0.15, 0.2) is 0 Å². The summed E-state index contributed by atoms with van der Waals surface area (Å²) in [5.41, 5.74) is 1.50. The summed E-state index contributed by atoms with van der Waals surface area (Å²) in [6.07, 6.45) is 3.39. The van der Waals surface area contributed by atoms with E-state index < -0.39 is 0 Å². The lowest BCUT2D eigenvalue weighted by Gasteiger charge is -2.10. The zero-order valence-corrected chi connectivity index (χ0v) is 14.5. The molecule has 6 nitrogen and oxygen atoms in total. The second-order valence-corrected chi connectivity index (χ2v) is 5.53. The molecule has 0 aliphatic rings. The van der Waals surface area contributed by atoms with Crippen LogP contribution in [0.15, 0.2) is 42.6 Å². The summed E-state index contributed by atoms with van der Waals surface area (Å²) < 4.78 is 5.26. The normalized spacial score (nSPS) is 10.2. The SMILES string of the molecule is CCCCNC(=O)c1ccnc(C(=O)NCc2ccccc2OC)c1. The molecule has 0 saturated carbocycles. The fraction of sp³-hybridized carbons (Fsp3) is 0.316. The van der Waals surface area contributed by atoms with E-state index in [0.717, 1.165) is 18.4 Å². The molecule has 0 bridgehead atoms. The lowest BCUT2D eigenvalue weighted by Crippen LogP contribution is -2.27. The second-order valence-electron chi connectivity index (χ2n) is 5.53. The van der Waals surface area contributed by atoms with Gasteiger partial charge in [-0.15, -0.1) is 0 Å². The van der Waals surface area contributed by atoms with E-state index in [-0.39, 0.29) is 17.5 Å². The molecule has 0 aliphatic carbocycles. The molecule has 132 valence electrons. The molecule has 0 fully saturated rings. The topological polar surface area (TPSA) is 80.3 Å². The molecule has 0 saturated heterocycles. The summed E-state index contributed by atoms with van der Waals surface area (Å²) in [5.74, 6) is 0.170. The highest BCUT2D eigenvalue weighted by Crippen LogP contribution is 2.16. The highest BCUT2D eigenvalue weighted by Gasteiger charge is 2.12. The fourth-order valence-electron chi connectivity index (χ4n) is 2.29. The summed E-state index contributed by atoms with van der Waals surface area (Å²) in [4.78, 5) is 28.4. The minimum atomic E-state index is -0.339. The Morgan fingerprint density at radius 3 is 2.68 bits per heavy atom. The first-order chi connectivity index (χ1) is 12.2. The predicted octanol–water partition coefficient (Wildman–Crippen LogP) is 2.55. The average Bonchev–Trinajstić information content (AvgIpc) is 2.66.